The van der Waals surface area contributed by atoms with E-state index in [1.54, 1.807) is 0 Å². The Morgan fingerprint density at radius 1 is 1.31 bits per heavy atom. The Bertz CT molecular complexity index is 188. The van der Waals surface area contributed by atoms with Gasteiger partial charge in [0.25, 0.3) is 0 Å². The van der Waals surface area contributed by atoms with Crippen LogP contribution in [0.25, 0.3) is 0 Å². The molecule has 0 unspecified atom stereocenters. The molecule has 76 valence electrons. The van der Waals surface area contributed by atoms with Gasteiger partial charge in [-0.15, -0.1) is 0 Å². The summed E-state index contributed by atoms with van der Waals surface area (Å²) in [5.41, 5.74) is 0.277. The van der Waals surface area contributed by atoms with E-state index in [0.29, 0.717) is 12.1 Å². The van der Waals surface area contributed by atoms with Gasteiger partial charge in [0.1, 0.15) is 0 Å². The summed E-state index contributed by atoms with van der Waals surface area (Å²) >= 11 is 0. The number of hydrogen-bond donors (Lipinski definition) is 1. The number of nitrogens with zero attached hydrogens (tertiary/aromatic N) is 1. The molecule has 2 fully saturated rings. The van der Waals surface area contributed by atoms with Crippen LogP contribution in [0.5, 0.6) is 0 Å². The first-order chi connectivity index (χ1) is 6.09. The first kappa shape index (κ1) is 9.44. The van der Waals surface area contributed by atoms with Crippen molar-refractivity contribution in [2.24, 2.45) is 0 Å². The summed E-state index contributed by atoms with van der Waals surface area (Å²) < 4.78 is 5.72. The van der Waals surface area contributed by atoms with Crippen molar-refractivity contribution in [2.75, 3.05) is 26.2 Å². The van der Waals surface area contributed by atoms with Crippen molar-refractivity contribution in [3.8, 4) is 0 Å². The zero-order valence-corrected chi connectivity index (χ0v) is 8.84. The van der Waals surface area contributed by atoms with Crippen LogP contribution in [-0.2, 0) is 4.74 Å². The van der Waals surface area contributed by atoms with Gasteiger partial charge in [0.05, 0.1) is 18.8 Å². The standard InChI is InChI=1S/C10H20N2O/c1-10(2,3)12-4-5-13-9-7-11-6-8(9)12/h8-9,11H,4-7H2,1-3H3/t8-,9+/m0/s1. The summed E-state index contributed by atoms with van der Waals surface area (Å²) in [6.07, 6.45) is 0.424. The molecule has 3 nitrogen and oxygen atoms in total. The van der Waals surface area contributed by atoms with Gasteiger partial charge in [-0.05, 0) is 20.8 Å². The monoisotopic (exact) mass is 184 g/mol. The van der Waals surface area contributed by atoms with Gasteiger partial charge in [0.15, 0.2) is 0 Å². The Morgan fingerprint density at radius 2 is 2.08 bits per heavy atom. The molecule has 0 aromatic carbocycles. The Labute approximate surface area is 80.4 Å². The summed E-state index contributed by atoms with van der Waals surface area (Å²) in [6.45, 7) is 10.9. The van der Waals surface area contributed by atoms with Gasteiger partial charge in [-0.25, -0.2) is 0 Å². The lowest BCUT2D eigenvalue weighted by atomic mass is 10.00. The van der Waals surface area contributed by atoms with Crippen LogP contribution in [0.2, 0.25) is 0 Å². The molecule has 0 aliphatic carbocycles. The van der Waals surface area contributed by atoms with Crippen LogP contribution in [0, 0.1) is 0 Å². The molecule has 13 heavy (non-hydrogen) atoms. The van der Waals surface area contributed by atoms with Gasteiger partial charge in [-0.3, -0.25) is 4.90 Å². The molecule has 0 spiro atoms. The Balaban J connectivity index is 2.10. The van der Waals surface area contributed by atoms with Crippen LogP contribution < -0.4 is 5.32 Å². The number of fused-ring (bicyclic) bond motifs is 1. The highest BCUT2D eigenvalue weighted by atomic mass is 16.5. The Kier molecular flexibility index (Phi) is 2.34. The number of rotatable bonds is 0. The topological polar surface area (TPSA) is 24.5 Å². The van der Waals surface area contributed by atoms with Crippen molar-refractivity contribution in [3.05, 3.63) is 0 Å². The van der Waals surface area contributed by atoms with E-state index >= 15 is 0 Å². The molecule has 2 aliphatic heterocycles. The van der Waals surface area contributed by atoms with Crippen LogP contribution in [-0.4, -0.2) is 48.8 Å². The molecule has 2 aliphatic rings. The van der Waals surface area contributed by atoms with E-state index in [1.165, 1.54) is 0 Å². The largest absolute Gasteiger partial charge is 0.374 e. The first-order valence-corrected chi connectivity index (χ1v) is 5.18. The lowest BCUT2D eigenvalue weighted by Crippen LogP contribution is -2.57. The molecule has 1 N–H and O–H groups in total. The molecule has 3 heteroatoms. The number of ether oxygens (including phenoxy) is 1. The fourth-order valence-corrected chi connectivity index (χ4v) is 2.42. The minimum atomic E-state index is 0.277. The summed E-state index contributed by atoms with van der Waals surface area (Å²) in [5, 5.41) is 3.40. The number of nitrogens with one attached hydrogen (secondary N) is 1. The summed E-state index contributed by atoms with van der Waals surface area (Å²) in [5.74, 6) is 0. The smallest absolute Gasteiger partial charge is 0.0867 e. The van der Waals surface area contributed by atoms with Crippen molar-refractivity contribution in [3.63, 3.8) is 0 Å². The van der Waals surface area contributed by atoms with E-state index in [4.69, 9.17) is 4.74 Å². The van der Waals surface area contributed by atoms with Crippen molar-refractivity contribution in [2.45, 2.75) is 38.5 Å². The Morgan fingerprint density at radius 3 is 2.77 bits per heavy atom. The Hall–Kier alpha value is -0.120. The van der Waals surface area contributed by atoms with Gasteiger partial charge >= 0.3 is 0 Å². The average molecular weight is 184 g/mol. The maximum absolute atomic E-state index is 5.72. The predicted octanol–water partition coefficient (Wildman–Crippen LogP) is 0.457. The highest BCUT2D eigenvalue weighted by molar-refractivity contribution is 4.96. The zero-order valence-electron chi connectivity index (χ0n) is 8.84. The van der Waals surface area contributed by atoms with E-state index in [2.05, 4.69) is 31.0 Å². The van der Waals surface area contributed by atoms with E-state index in [9.17, 15) is 0 Å². The molecule has 0 bridgehead atoms. The van der Waals surface area contributed by atoms with Crippen molar-refractivity contribution in [1.29, 1.82) is 0 Å². The van der Waals surface area contributed by atoms with Crippen LogP contribution >= 0.6 is 0 Å². The van der Waals surface area contributed by atoms with E-state index < -0.39 is 0 Å². The maximum Gasteiger partial charge on any atom is 0.0867 e. The maximum atomic E-state index is 5.72. The van der Waals surface area contributed by atoms with Crippen LogP contribution in [0.4, 0.5) is 0 Å². The minimum Gasteiger partial charge on any atom is -0.374 e. The molecule has 2 saturated heterocycles. The normalized spacial score (nSPS) is 36.2. The van der Waals surface area contributed by atoms with Crippen LogP contribution in [0.1, 0.15) is 20.8 Å². The predicted molar refractivity (Wildman–Crippen MR) is 52.9 cm³/mol. The summed E-state index contributed by atoms with van der Waals surface area (Å²) in [6, 6.07) is 0.591. The van der Waals surface area contributed by atoms with E-state index in [-0.39, 0.29) is 5.54 Å². The SMILES string of the molecule is CC(C)(C)N1CCO[C@@H]2CNC[C@@H]21. The summed E-state index contributed by atoms with van der Waals surface area (Å²) in [7, 11) is 0. The second kappa shape index (κ2) is 3.23. The van der Waals surface area contributed by atoms with Gasteiger partial charge in [-0.1, -0.05) is 0 Å². The third-order valence-corrected chi connectivity index (χ3v) is 3.05. The zero-order chi connectivity index (χ0) is 9.47. The molecule has 0 aromatic heterocycles. The van der Waals surface area contributed by atoms with Crippen LogP contribution in [0.15, 0.2) is 0 Å². The first-order valence-electron chi connectivity index (χ1n) is 5.18. The fourth-order valence-electron chi connectivity index (χ4n) is 2.42. The van der Waals surface area contributed by atoms with Crippen molar-refractivity contribution < 1.29 is 4.74 Å². The molecule has 0 amide bonds. The minimum absolute atomic E-state index is 0.277. The molecule has 2 heterocycles. The third-order valence-electron chi connectivity index (χ3n) is 3.05. The van der Waals surface area contributed by atoms with Gasteiger partial charge in [0.2, 0.25) is 0 Å². The molecular formula is C10H20N2O. The number of morpholine rings is 1. The molecule has 2 atom stereocenters. The van der Waals surface area contributed by atoms with Gasteiger partial charge in [0, 0.05) is 25.2 Å². The highest BCUT2D eigenvalue weighted by Crippen LogP contribution is 2.25. The van der Waals surface area contributed by atoms with Crippen molar-refractivity contribution >= 4 is 0 Å². The second-order valence-corrected chi connectivity index (χ2v) is 5.00. The third kappa shape index (κ3) is 1.73. The average Bonchev–Trinajstić information content (AvgIpc) is 2.48. The van der Waals surface area contributed by atoms with Gasteiger partial charge < -0.3 is 10.1 Å². The summed E-state index contributed by atoms with van der Waals surface area (Å²) in [4.78, 5) is 2.57. The second-order valence-electron chi connectivity index (χ2n) is 5.00. The van der Waals surface area contributed by atoms with Crippen LogP contribution in [0.3, 0.4) is 0 Å². The lowest BCUT2D eigenvalue weighted by Gasteiger charge is -2.45. The molecular weight excluding hydrogens is 164 g/mol. The number of hydrogen-bond acceptors (Lipinski definition) is 3. The molecule has 0 radical (unpaired) electrons. The highest BCUT2D eigenvalue weighted by Gasteiger charge is 2.40. The molecule has 0 aromatic rings. The van der Waals surface area contributed by atoms with E-state index in [1.807, 2.05) is 0 Å². The van der Waals surface area contributed by atoms with E-state index in [0.717, 1.165) is 26.2 Å². The quantitative estimate of drug-likeness (QED) is 0.592. The lowest BCUT2D eigenvalue weighted by molar-refractivity contribution is -0.0792. The molecule has 2 rings (SSSR count). The van der Waals surface area contributed by atoms with Crippen molar-refractivity contribution in [1.82, 2.24) is 10.2 Å². The van der Waals surface area contributed by atoms with Gasteiger partial charge in [-0.2, -0.15) is 0 Å². The molecule has 0 saturated carbocycles. The fraction of sp³-hybridized carbons (Fsp3) is 1.00.